The Labute approximate surface area is 281 Å². The third kappa shape index (κ3) is 5.89. The molecule has 2 N–H and O–H groups in total. The highest BCUT2D eigenvalue weighted by atomic mass is 35.5. The number of rotatable bonds is 8. The Kier molecular flexibility index (Phi) is 8.36. The van der Waals surface area contributed by atoms with Gasteiger partial charge in [0.2, 0.25) is 0 Å². The fourth-order valence-electron chi connectivity index (χ4n) is 6.03. The molecule has 5 heterocycles. The summed E-state index contributed by atoms with van der Waals surface area (Å²) < 4.78 is 20.7. The Balaban J connectivity index is 1.13. The predicted molar refractivity (Wildman–Crippen MR) is 173 cm³/mol. The molecule has 246 valence electrons. The second-order valence-corrected chi connectivity index (χ2v) is 12.5. The van der Waals surface area contributed by atoms with Crippen LogP contribution in [0, 0.1) is 5.82 Å². The summed E-state index contributed by atoms with van der Waals surface area (Å²) in [4.78, 5) is 56.9. The highest BCUT2D eigenvalue weighted by Crippen LogP contribution is 2.37. The second-order valence-electron chi connectivity index (χ2n) is 11.2. The molecule has 2 atom stereocenters. The highest BCUT2D eigenvalue weighted by molar-refractivity contribution is 7.11. The van der Waals surface area contributed by atoms with Gasteiger partial charge in [-0.05, 0) is 36.4 Å². The summed E-state index contributed by atoms with van der Waals surface area (Å²) >= 11 is 7.85. The first-order valence-electron chi connectivity index (χ1n) is 14.8. The molecule has 0 aliphatic carbocycles. The molecule has 17 heteroatoms. The van der Waals surface area contributed by atoms with Gasteiger partial charge in [0, 0.05) is 54.0 Å². The van der Waals surface area contributed by atoms with Crippen molar-refractivity contribution in [3.05, 3.63) is 98.6 Å². The molecule has 2 saturated heterocycles. The lowest BCUT2D eigenvalue weighted by Crippen LogP contribution is -2.53. The molecule has 14 nitrogen and oxygen atoms in total. The number of nitrogens with zero attached hydrogens (tertiary/aromatic N) is 8. The van der Waals surface area contributed by atoms with Crippen molar-refractivity contribution < 1.29 is 28.6 Å². The molecule has 2 fully saturated rings. The van der Waals surface area contributed by atoms with Crippen LogP contribution in [-0.2, 0) is 9.53 Å². The number of carboxylic acid groups (broad SMARTS) is 1. The molecule has 48 heavy (non-hydrogen) atoms. The van der Waals surface area contributed by atoms with Crippen molar-refractivity contribution in [2.75, 3.05) is 44.7 Å². The Hall–Kier alpha value is -5.19. The van der Waals surface area contributed by atoms with Gasteiger partial charge in [0.05, 0.1) is 36.5 Å². The van der Waals surface area contributed by atoms with Crippen molar-refractivity contribution in [2.24, 2.45) is 4.99 Å². The number of hydrogen-bond donors (Lipinski definition) is 2. The van der Waals surface area contributed by atoms with Crippen molar-refractivity contribution >= 4 is 52.7 Å². The van der Waals surface area contributed by atoms with Gasteiger partial charge < -0.3 is 20.1 Å². The van der Waals surface area contributed by atoms with Crippen LogP contribution in [0.2, 0.25) is 5.02 Å². The number of hydrogen-bond acceptors (Lipinski definition) is 11. The van der Waals surface area contributed by atoms with Gasteiger partial charge in [-0.15, -0.1) is 16.4 Å². The van der Waals surface area contributed by atoms with E-state index in [-0.39, 0.29) is 34.2 Å². The number of benzene rings is 2. The van der Waals surface area contributed by atoms with Gasteiger partial charge in [-0.3, -0.25) is 14.8 Å². The van der Waals surface area contributed by atoms with Crippen molar-refractivity contribution in [2.45, 2.75) is 12.1 Å². The summed E-state index contributed by atoms with van der Waals surface area (Å²) in [5.41, 5.74) is 1.97. The number of aromatic carboxylic acids is 1. The fourth-order valence-corrected chi connectivity index (χ4v) is 6.89. The predicted octanol–water partition coefficient (Wildman–Crippen LogP) is 3.36. The molecule has 2 aromatic heterocycles. The minimum atomic E-state index is -1.03. The summed E-state index contributed by atoms with van der Waals surface area (Å²) in [6.45, 7) is 2.07. The largest absolute Gasteiger partial charge is 0.478 e. The third-order valence-electron chi connectivity index (χ3n) is 8.34. The number of fused-ring (bicyclic) bond motifs is 1. The van der Waals surface area contributed by atoms with Crippen molar-refractivity contribution in [1.29, 1.82) is 0 Å². The van der Waals surface area contributed by atoms with E-state index >= 15 is 0 Å². The first-order chi connectivity index (χ1) is 23.2. The average molecular weight is 692 g/mol. The molecular weight excluding hydrogens is 665 g/mol. The van der Waals surface area contributed by atoms with E-state index in [1.165, 1.54) is 64.7 Å². The van der Waals surface area contributed by atoms with Gasteiger partial charge in [0.1, 0.15) is 18.2 Å². The first-order valence-corrected chi connectivity index (χ1v) is 16.0. The third-order valence-corrected chi connectivity index (χ3v) is 9.45. The zero-order valence-electron chi connectivity index (χ0n) is 25.3. The number of ether oxygens (including phenoxy) is 1. The molecule has 7 rings (SSSR count). The highest BCUT2D eigenvalue weighted by Gasteiger charge is 2.43. The van der Waals surface area contributed by atoms with Crippen LogP contribution in [0.3, 0.4) is 0 Å². The number of amidine groups is 1. The van der Waals surface area contributed by atoms with Gasteiger partial charge in [-0.1, -0.05) is 17.7 Å². The molecule has 3 aliphatic rings. The molecule has 2 aromatic carbocycles. The van der Waals surface area contributed by atoms with Gasteiger partial charge >= 0.3 is 18.0 Å². The number of anilines is 1. The molecule has 0 bridgehead atoms. The number of nitrogens with one attached hydrogen (secondary N) is 1. The summed E-state index contributed by atoms with van der Waals surface area (Å²) in [6.07, 6.45) is 3.13. The molecule has 0 spiro atoms. The van der Waals surface area contributed by atoms with Gasteiger partial charge in [-0.2, -0.15) is 4.98 Å². The zero-order valence-corrected chi connectivity index (χ0v) is 26.9. The van der Waals surface area contributed by atoms with E-state index in [4.69, 9.17) is 21.3 Å². The molecule has 0 saturated carbocycles. The first kappa shape index (κ1) is 31.4. The van der Waals surface area contributed by atoms with Crippen LogP contribution in [0.1, 0.15) is 27.0 Å². The fraction of sp³-hybridized carbons (Fsp3) is 0.258. The number of aliphatic imine (C=N–C) groups is 1. The maximum Gasteiger partial charge on any atom is 0.338 e. The van der Waals surface area contributed by atoms with E-state index in [9.17, 15) is 23.9 Å². The number of piperazine rings is 1. The normalized spacial score (nSPS) is 19.6. The van der Waals surface area contributed by atoms with Crippen molar-refractivity contribution in [3.63, 3.8) is 0 Å². The van der Waals surface area contributed by atoms with Crippen LogP contribution in [-0.4, -0.2) is 104 Å². The average Bonchev–Trinajstić information content (AvgIpc) is 3.85. The Morgan fingerprint density at radius 2 is 1.96 bits per heavy atom. The monoisotopic (exact) mass is 691 g/mol. The standard InChI is InChI=1S/C31H27ClFN9O5S/c1-47-29(45)24-23(36-26(27-34-8-11-48-27)37-25(24)21-7-4-18(33)12-22(21)32)15-39-9-10-40-20(13-39)14-41(31(40)46)30-35-16-42(38-30)19-5-2-17(3-6-19)28(43)44/h2-8,11-12,16,20,25H,9-10,13-15H2,1H3,(H,36,37)(H,43,44)/t20-,25-/m0/s1. The number of methoxy groups -OCH3 is 1. The molecule has 4 aromatic rings. The van der Waals surface area contributed by atoms with E-state index < -0.39 is 23.8 Å². The van der Waals surface area contributed by atoms with Crippen LogP contribution >= 0.6 is 22.9 Å². The zero-order chi connectivity index (χ0) is 33.5. The molecule has 0 unspecified atom stereocenters. The van der Waals surface area contributed by atoms with Crippen LogP contribution < -0.4 is 10.2 Å². The quantitative estimate of drug-likeness (QED) is 0.263. The minimum absolute atomic E-state index is 0.122. The van der Waals surface area contributed by atoms with Crippen molar-refractivity contribution in [1.82, 2.24) is 34.9 Å². The number of esters is 1. The lowest BCUT2D eigenvalue weighted by atomic mass is 9.95. The van der Waals surface area contributed by atoms with Gasteiger partial charge in [0.25, 0.3) is 5.95 Å². The van der Waals surface area contributed by atoms with E-state index in [0.717, 1.165) is 0 Å². The topological polar surface area (TPSA) is 158 Å². The number of carbonyl (C=O) groups is 3. The van der Waals surface area contributed by atoms with Gasteiger partial charge in [-0.25, -0.2) is 28.4 Å². The van der Waals surface area contributed by atoms with Crippen LogP contribution in [0.25, 0.3) is 5.69 Å². The SMILES string of the molecule is COC(=O)C1=C(CN2CCN3C(=O)N(c4ncn(-c5ccc(C(=O)O)cc5)n4)C[C@@H]3C2)NC(c2nccs2)=N[C@H]1c1ccc(F)cc1Cl. The number of halogens is 2. The Bertz CT molecular complexity index is 1970. The maximum absolute atomic E-state index is 14.0. The van der Waals surface area contributed by atoms with Crippen LogP contribution in [0.4, 0.5) is 15.1 Å². The minimum Gasteiger partial charge on any atom is -0.478 e. The number of carboxylic acids is 1. The molecule has 2 amide bonds. The summed E-state index contributed by atoms with van der Waals surface area (Å²) in [7, 11) is 1.29. The van der Waals surface area contributed by atoms with E-state index in [1.807, 2.05) is 5.38 Å². The lowest BCUT2D eigenvalue weighted by molar-refractivity contribution is -0.136. The number of carbonyl (C=O) groups excluding carboxylic acids is 2. The smallest absolute Gasteiger partial charge is 0.338 e. The van der Waals surface area contributed by atoms with Crippen LogP contribution in [0.5, 0.6) is 0 Å². The van der Waals surface area contributed by atoms with E-state index in [1.54, 1.807) is 23.2 Å². The molecule has 3 aliphatic heterocycles. The Morgan fingerprint density at radius 3 is 2.67 bits per heavy atom. The van der Waals surface area contributed by atoms with E-state index in [2.05, 4.69) is 25.3 Å². The lowest BCUT2D eigenvalue weighted by Gasteiger charge is -2.38. The number of thiazole rings is 1. The van der Waals surface area contributed by atoms with Gasteiger partial charge in [0.15, 0.2) is 10.8 Å². The summed E-state index contributed by atoms with van der Waals surface area (Å²) in [6, 6.07) is 8.85. The number of aromatic nitrogens is 4. The summed E-state index contributed by atoms with van der Waals surface area (Å²) in [5.74, 6) is -1.48. The second kappa shape index (κ2) is 12.8. The molecule has 0 radical (unpaired) electrons. The van der Waals surface area contributed by atoms with Crippen LogP contribution in [0.15, 0.2) is 76.6 Å². The number of amides is 2. The maximum atomic E-state index is 14.0. The molecular formula is C31H27ClFN9O5S. The van der Waals surface area contributed by atoms with E-state index in [0.29, 0.717) is 60.5 Å². The number of urea groups is 1. The summed E-state index contributed by atoms with van der Waals surface area (Å²) in [5, 5.41) is 19.5. The van der Waals surface area contributed by atoms with Crippen molar-refractivity contribution in [3.8, 4) is 5.69 Å². The Morgan fingerprint density at radius 1 is 1.15 bits per heavy atom.